The van der Waals surface area contributed by atoms with Gasteiger partial charge in [-0.1, -0.05) is 6.07 Å². The first-order valence-electron chi connectivity index (χ1n) is 6.83. The van der Waals surface area contributed by atoms with Gasteiger partial charge in [0.15, 0.2) is 0 Å². The maximum absolute atomic E-state index is 13.1. The van der Waals surface area contributed by atoms with Crippen molar-refractivity contribution in [2.45, 2.75) is 32.4 Å². The second-order valence-corrected chi connectivity index (χ2v) is 5.13. The van der Waals surface area contributed by atoms with Crippen LogP contribution in [0.3, 0.4) is 0 Å². The Labute approximate surface area is 117 Å². The third kappa shape index (κ3) is 3.14. The Hall–Kier alpha value is -1.94. The van der Waals surface area contributed by atoms with E-state index < -0.39 is 0 Å². The number of benzene rings is 1. The van der Waals surface area contributed by atoms with Crippen molar-refractivity contribution >= 4 is 0 Å². The fourth-order valence-electron chi connectivity index (χ4n) is 2.02. The summed E-state index contributed by atoms with van der Waals surface area (Å²) in [6.45, 7) is 2.57. The summed E-state index contributed by atoms with van der Waals surface area (Å²) in [5, 5.41) is 3.44. The summed E-state index contributed by atoms with van der Waals surface area (Å²) < 4.78 is 18.9. The normalized spacial score (nSPS) is 14.3. The van der Waals surface area contributed by atoms with E-state index in [0.717, 1.165) is 17.7 Å². The smallest absolute Gasteiger partial charge is 0.223 e. The Balaban J connectivity index is 1.78. The highest BCUT2D eigenvalue weighted by Gasteiger charge is 2.20. The molecule has 20 heavy (non-hydrogen) atoms. The first-order valence-corrected chi connectivity index (χ1v) is 6.83. The Morgan fingerprint density at radius 3 is 2.95 bits per heavy atom. The van der Waals surface area contributed by atoms with Crippen LogP contribution in [0.25, 0.3) is 0 Å². The Morgan fingerprint density at radius 2 is 2.20 bits per heavy atom. The summed E-state index contributed by atoms with van der Waals surface area (Å²) in [5.41, 5.74) is 1.78. The topological polar surface area (TPSA) is 34.1 Å². The first-order chi connectivity index (χ1) is 9.72. The third-order valence-electron chi connectivity index (χ3n) is 3.35. The van der Waals surface area contributed by atoms with Crippen molar-refractivity contribution in [3.63, 3.8) is 0 Å². The molecule has 2 aromatic rings. The summed E-state index contributed by atoms with van der Waals surface area (Å²) in [6.07, 6.45) is 4.19. The maximum Gasteiger partial charge on any atom is 0.223 e. The van der Waals surface area contributed by atoms with Crippen LogP contribution >= 0.6 is 0 Å². The second-order valence-electron chi connectivity index (χ2n) is 5.13. The van der Waals surface area contributed by atoms with E-state index in [1.54, 1.807) is 12.3 Å². The van der Waals surface area contributed by atoms with Gasteiger partial charge in [0, 0.05) is 24.3 Å². The summed E-state index contributed by atoms with van der Waals surface area (Å²) in [5.74, 6) is 0.958. The van der Waals surface area contributed by atoms with Crippen LogP contribution in [0.1, 0.15) is 24.0 Å². The summed E-state index contributed by atoms with van der Waals surface area (Å²) in [7, 11) is 0. The zero-order valence-corrected chi connectivity index (χ0v) is 11.4. The fraction of sp³-hybridized carbons (Fsp3) is 0.312. The van der Waals surface area contributed by atoms with Gasteiger partial charge in [-0.15, -0.1) is 0 Å². The standard InChI is InChI=1S/C16H17FN2O/c1-11-9-13(17)4-7-15(11)20-16-12(3-2-8-18-16)10-19-14-5-6-14/h2-4,7-9,14,19H,5-6,10H2,1H3. The Bertz CT molecular complexity index is 611. The molecule has 3 nitrogen and oxygen atoms in total. The van der Waals surface area contributed by atoms with E-state index in [0.29, 0.717) is 17.7 Å². The Morgan fingerprint density at radius 1 is 1.35 bits per heavy atom. The number of hydrogen-bond donors (Lipinski definition) is 1. The van der Waals surface area contributed by atoms with Crippen LogP contribution in [0, 0.1) is 12.7 Å². The molecule has 1 aliphatic rings. The van der Waals surface area contributed by atoms with Gasteiger partial charge in [-0.3, -0.25) is 0 Å². The van der Waals surface area contributed by atoms with Crippen molar-refractivity contribution in [1.29, 1.82) is 0 Å². The molecular weight excluding hydrogens is 255 g/mol. The van der Waals surface area contributed by atoms with Gasteiger partial charge >= 0.3 is 0 Å². The quantitative estimate of drug-likeness (QED) is 0.903. The van der Waals surface area contributed by atoms with E-state index in [1.807, 2.05) is 19.1 Å². The minimum absolute atomic E-state index is 0.258. The number of halogens is 1. The van der Waals surface area contributed by atoms with E-state index in [9.17, 15) is 4.39 Å². The second kappa shape index (κ2) is 5.59. The molecule has 0 spiro atoms. The Kier molecular flexibility index (Phi) is 3.65. The number of hydrogen-bond acceptors (Lipinski definition) is 3. The number of pyridine rings is 1. The summed E-state index contributed by atoms with van der Waals surface area (Å²) in [4.78, 5) is 4.28. The van der Waals surface area contributed by atoms with Gasteiger partial charge in [-0.25, -0.2) is 9.37 Å². The summed E-state index contributed by atoms with van der Waals surface area (Å²) >= 11 is 0. The van der Waals surface area contributed by atoms with Crippen molar-refractivity contribution in [2.75, 3.05) is 0 Å². The zero-order chi connectivity index (χ0) is 13.9. The van der Waals surface area contributed by atoms with Crippen LogP contribution in [-0.2, 0) is 6.54 Å². The van der Waals surface area contributed by atoms with Gasteiger partial charge < -0.3 is 10.1 Å². The number of aromatic nitrogens is 1. The lowest BCUT2D eigenvalue weighted by Gasteiger charge is -2.12. The van der Waals surface area contributed by atoms with Crippen molar-refractivity contribution in [3.05, 3.63) is 53.5 Å². The highest BCUT2D eigenvalue weighted by molar-refractivity contribution is 5.37. The molecule has 1 saturated carbocycles. The van der Waals surface area contributed by atoms with Crippen LogP contribution in [0.15, 0.2) is 36.5 Å². The molecule has 0 amide bonds. The van der Waals surface area contributed by atoms with Crippen LogP contribution in [-0.4, -0.2) is 11.0 Å². The maximum atomic E-state index is 13.1. The molecule has 1 aromatic carbocycles. The number of nitrogens with zero attached hydrogens (tertiary/aromatic N) is 1. The number of nitrogens with one attached hydrogen (secondary N) is 1. The molecule has 4 heteroatoms. The lowest BCUT2D eigenvalue weighted by Crippen LogP contribution is -2.16. The molecular formula is C16H17FN2O. The molecule has 0 radical (unpaired) electrons. The average molecular weight is 272 g/mol. The molecule has 0 saturated heterocycles. The number of ether oxygens (including phenoxy) is 1. The van der Waals surface area contributed by atoms with Crippen molar-refractivity contribution in [3.8, 4) is 11.6 Å². The van der Waals surface area contributed by atoms with E-state index in [4.69, 9.17) is 4.74 Å². The van der Waals surface area contributed by atoms with Crippen molar-refractivity contribution in [2.24, 2.45) is 0 Å². The van der Waals surface area contributed by atoms with Crippen LogP contribution in [0.4, 0.5) is 4.39 Å². The minimum atomic E-state index is -0.258. The molecule has 0 unspecified atom stereocenters. The molecule has 0 atom stereocenters. The van der Waals surface area contributed by atoms with Crippen LogP contribution in [0.5, 0.6) is 11.6 Å². The van der Waals surface area contributed by atoms with Gasteiger partial charge in [0.2, 0.25) is 5.88 Å². The molecule has 1 aromatic heterocycles. The molecule has 0 bridgehead atoms. The highest BCUT2D eigenvalue weighted by Crippen LogP contribution is 2.27. The number of rotatable bonds is 5. The van der Waals surface area contributed by atoms with E-state index in [1.165, 1.54) is 25.0 Å². The van der Waals surface area contributed by atoms with E-state index in [2.05, 4.69) is 10.3 Å². The molecule has 1 heterocycles. The molecule has 1 aliphatic carbocycles. The lowest BCUT2D eigenvalue weighted by atomic mass is 10.2. The van der Waals surface area contributed by atoms with Gasteiger partial charge in [-0.05, 0) is 49.6 Å². The van der Waals surface area contributed by atoms with Gasteiger partial charge in [0.25, 0.3) is 0 Å². The fourth-order valence-corrected chi connectivity index (χ4v) is 2.02. The van der Waals surface area contributed by atoms with E-state index in [-0.39, 0.29) is 5.82 Å². The molecule has 1 fully saturated rings. The van der Waals surface area contributed by atoms with Gasteiger partial charge in [0.05, 0.1) is 0 Å². The predicted octanol–water partition coefficient (Wildman–Crippen LogP) is 3.57. The van der Waals surface area contributed by atoms with Crippen LogP contribution < -0.4 is 10.1 Å². The lowest BCUT2D eigenvalue weighted by molar-refractivity contribution is 0.448. The van der Waals surface area contributed by atoms with Gasteiger partial charge in [0.1, 0.15) is 11.6 Å². The molecule has 1 N–H and O–H groups in total. The summed E-state index contributed by atoms with van der Waals surface area (Å²) in [6, 6.07) is 9.02. The largest absolute Gasteiger partial charge is 0.438 e. The SMILES string of the molecule is Cc1cc(F)ccc1Oc1ncccc1CNC1CC1. The first kappa shape index (κ1) is 13.1. The number of aryl methyl sites for hydroxylation is 1. The monoisotopic (exact) mass is 272 g/mol. The third-order valence-corrected chi connectivity index (χ3v) is 3.35. The van der Waals surface area contributed by atoms with Crippen molar-refractivity contribution in [1.82, 2.24) is 10.3 Å². The molecule has 0 aliphatic heterocycles. The predicted molar refractivity (Wildman–Crippen MR) is 75.3 cm³/mol. The van der Waals surface area contributed by atoms with Crippen molar-refractivity contribution < 1.29 is 9.13 Å². The van der Waals surface area contributed by atoms with Gasteiger partial charge in [-0.2, -0.15) is 0 Å². The molecule has 104 valence electrons. The zero-order valence-electron chi connectivity index (χ0n) is 11.4. The highest BCUT2D eigenvalue weighted by atomic mass is 19.1. The van der Waals surface area contributed by atoms with Crippen LogP contribution in [0.2, 0.25) is 0 Å². The average Bonchev–Trinajstić information content (AvgIpc) is 3.25. The van der Waals surface area contributed by atoms with E-state index >= 15 is 0 Å². The molecule has 3 rings (SSSR count). The minimum Gasteiger partial charge on any atom is -0.438 e.